The molecule has 0 spiro atoms. The van der Waals surface area contributed by atoms with Crippen LogP contribution in [0.25, 0.3) is 0 Å². The van der Waals surface area contributed by atoms with E-state index >= 15 is 0 Å². The van der Waals surface area contributed by atoms with E-state index in [-0.39, 0.29) is 14.9 Å². The molecule has 0 aromatic carbocycles. The molecule has 2 rings (SSSR count). The first-order valence-electron chi connectivity index (χ1n) is 8.01. The van der Waals surface area contributed by atoms with E-state index in [2.05, 4.69) is 53.4 Å². The topological polar surface area (TPSA) is 77.8 Å². The Kier molecular flexibility index (Phi) is 27.4. The summed E-state index contributed by atoms with van der Waals surface area (Å²) in [7, 11) is 0. The maximum atomic E-state index is 5.81. The van der Waals surface area contributed by atoms with Gasteiger partial charge in [-0.2, -0.15) is 6.42 Å². The van der Waals surface area contributed by atoms with Gasteiger partial charge in [0.2, 0.25) is 0 Å². The van der Waals surface area contributed by atoms with Crippen LogP contribution in [-0.4, -0.2) is 9.97 Å². The summed E-state index contributed by atoms with van der Waals surface area (Å²) in [6, 6.07) is 3.81. The van der Waals surface area contributed by atoms with E-state index in [0.29, 0.717) is 0 Å². The molecule has 27 heavy (non-hydrogen) atoms. The average Bonchev–Trinajstić information content (AvgIpc) is 2.60. The first kappa shape index (κ1) is 34.0. The number of pyridine rings is 2. The van der Waals surface area contributed by atoms with Crippen LogP contribution < -0.4 is 11.5 Å². The van der Waals surface area contributed by atoms with Crippen molar-refractivity contribution >= 4 is 40.9 Å². The molecule has 4 N–H and O–H groups in total. The standard InChI is InChI=1S/C9H14N2.C6H7BrN2.C3H7.2CH4.BrH.Zn/c1-3-4-8-9(10)7(2)5-6-11-8;1-4-2-3-9-6(7)5(4)8;1-3-2;;;;/h5-6H,3-4,10H2,1-2H3;2-3H,8H2,1H3;1,3H2,2H3;2*1H4;1H;/q;;-1;;;;+2/p-1. The summed E-state index contributed by atoms with van der Waals surface area (Å²) >= 11 is 7.46. The van der Waals surface area contributed by atoms with Crippen LogP contribution in [0.3, 0.4) is 0 Å². The van der Waals surface area contributed by atoms with Gasteiger partial charge >= 0.3 is 30.0 Å². The van der Waals surface area contributed by atoms with E-state index < -0.39 is 0 Å². The van der Waals surface area contributed by atoms with Gasteiger partial charge in [0, 0.05) is 12.4 Å². The first-order chi connectivity index (χ1) is 11.9. The Labute approximate surface area is 192 Å². The Morgan fingerprint density at radius 3 is 1.74 bits per heavy atom. The van der Waals surface area contributed by atoms with Crippen LogP contribution >= 0.6 is 29.6 Å². The zero-order valence-electron chi connectivity index (χ0n) is 15.6. The fraction of sp³-hybridized carbons (Fsp3) is 0.450. The summed E-state index contributed by atoms with van der Waals surface area (Å²) in [5, 5.41) is 0. The second-order valence-corrected chi connectivity index (χ2v) is 5.82. The van der Waals surface area contributed by atoms with Crippen molar-refractivity contribution in [1.29, 1.82) is 0 Å². The monoisotopic (exact) mass is 554 g/mol. The first-order valence-corrected chi connectivity index (χ1v) is 15.8. The molecule has 7 heteroatoms. The van der Waals surface area contributed by atoms with Gasteiger partial charge in [-0.3, -0.25) is 4.98 Å². The van der Waals surface area contributed by atoms with Crippen molar-refractivity contribution in [2.75, 3.05) is 11.5 Å². The number of aromatic nitrogens is 2. The van der Waals surface area contributed by atoms with Gasteiger partial charge in [0.05, 0.1) is 17.1 Å². The number of halogens is 2. The normalized spacial score (nSPS) is 8.19. The number of aryl methyl sites for hydroxylation is 3. The molecule has 0 atom stereocenters. The molecule has 0 unspecified atom stereocenters. The van der Waals surface area contributed by atoms with Gasteiger partial charge in [0.15, 0.2) is 0 Å². The molecule has 0 fully saturated rings. The third kappa shape index (κ3) is 15.1. The van der Waals surface area contributed by atoms with Crippen LogP contribution in [0.1, 0.15) is 58.4 Å². The van der Waals surface area contributed by atoms with E-state index in [1.807, 2.05) is 39.1 Å². The Bertz CT molecular complexity index is 576. The molecule has 4 nitrogen and oxygen atoms in total. The third-order valence-corrected chi connectivity index (χ3v) is 3.57. The maximum absolute atomic E-state index is 5.81. The van der Waals surface area contributed by atoms with Crippen LogP contribution in [-0.2, 0) is 22.8 Å². The molecular weight excluding hydrogens is 521 g/mol. The quantitative estimate of drug-likeness (QED) is 0.237. The van der Waals surface area contributed by atoms with Gasteiger partial charge in [0.1, 0.15) is 4.60 Å². The molecule has 0 aliphatic heterocycles. The summed E-state index contributed by atoms with van der Waals surface area (Å²) in [4.78, 5) is 8.14. The van der Waals surface area contributed by atoms with Crippen LogP contribution in [0, 0.1) is 20.8 Å². The predicted octanol–water partition coefficient (Wildman–Crippen LogP) is 7.01. The van der Waals surface area contributed by atoms with Gasteiger partial charge in [-0.1, -0.05) is 35.1 Å². The zero-order valence-corrected chi connectivity index (χ0v) is 21.8. The summed E-state index contributed by atoms with van der Waals surface area (Å²) in [5.41, 5.74) is 16.2. The van der Waals surface area contributed by atoms with Crippen molar-refractivity contribution in [3.8, 4) is 0 Å². The van der Waals surface area contributed by atoms with E-state index in [1.54, 1.807) is 6.20 Å². The number of nitrogen functional groups attached to an aromatic ring is 2. The second-order valence-electron chi connectivity index (χ2n) is 5.07. The van der Waals surface area contributed by atoms with Gasteiger partial charge in [-0.15, -0.1) is 0 Å². The molecule has 0 amide bonds. The van der Waals surface area contributed by atoms with E-state index in [9.17, 15) is 0 Å². The van der Waals surface area contributed by atoms with Crippen molar-refractivity contribution < 1.29 is 16.3 Å². The Hall–Kier alpha value is -0.517. The molecular formula is C20H36Br2N4Zn. The number of rotatable bonds is 2. The predicted molar refractivity (Wildman–Crippen MR) is 127 cm³/mol. The number of nitrogens with zero attached hydrogens (tertiary/aromatic N) is 2. The summed E-state index contributed by atoms with van der Waals surface area (Å²) in [6.07, 6.45) is 6.61. The molecule has 0 saturated carbocycles. The van der Waals surface area contributed by atoms with Crippen LogP contribution in [0.4, 0.5) is 11.4 Å². The SMILES string of the molecule is C.C.CCCc1nccc(C)c1N.Cc1ccnc(Br)c1N.[CH2-]CC.[Zn+][Br]. The number of anilines is 2. The molecule has 0 aliphatic carbocycles. The average molecular weight is 558 g/mol. The molecule has 2 aromatic heterocycles. The number of hydrogen-bond donors (Lipinski definition) is 2. The molecule has 0 bridgehead atoms. The fourth-order valence-corrected chi connectivity index (χ4v) is 2.03. The molecule has 2 aromatic rings. The van der Waals surface area contributed by atoms with Crippen molar-refractivity contribution in [1.82, 2.24) is 9.97 Å². The zero-order chi connectivity index (χ0) is 19.8. The Balaban J connectivity index is -0.000000151. The second kappa shape index (κ2) is 21.8. The molecule has 2 heterocycles. The van der Waals surface area contributed by atoms with Crippen molar-refractivity contribution in [3.63, 3.8) is 0 Å². The van der Waals surface area contributed by atoms with Crippen molar-refractivity contribution in [2.45, 2.75) is 61.8 Å². The number of hydrogen-bond acceptors (Lipinski definition) is 4. The van der Waals surface area contributed by atoms with Crippen LogP contribution in [0.15, 0.2) is 29.1 Å². The minimum absolute atomic E-state index is 0. The molecule has 0 radical (unpaired) electrons. The Morgan fingerprint density at radius 2 is 1.37 bits per heavy atom. The fourth-order valence-electron chi connectivity index (χ4n) is 1.60. The molecule has 152 valence electrons. The van der Waals surface area contributed by atoms with E-state index in [1.165, 1.54) is 16.3 Å². The summed E-state index contributed by atoms with van der Waals surface area (Å²) in [6.45, 7) is 11.6. The van der Waals surface area contributed by atoms with Crippen molar-refractivity contribution in [3.05, 3.63) is 52.9 Å². The summed E-state index contributed by atoms with van der Waals surface area (Å²) in [5.74, 6) is 0. The van der Waals surface area contributed by atoms with Gasteiger partial charge in [-0.25, -0.2) is 4.98 Å². The van der Waals surface area contributed by atoms with E-state index in [0.717, 1.165) is 52.1 Å². The van der Waals surface area contributed by atoms with E-state index in [4.69, 9.17) is 11.5 Å². The Morgan fingerprint density at radius 1 is 0.963 bits per heavy atom. The number of nitrogens with two attached hydrogens (primary N) is 2. The summed E-state index contributed by atoms with van der Waals surface area (Å²) < 4.78 is 0.725. The van der Waals surface area contributed by atoms with Crippen molar-refractivity contribution in [2.24, 2.45) is 0 Å². The molecule has 0 aliphatic rings. The van der Waals surface area contributed by atoms with Crippen LogP contribution in [0.5, 0.6) is 0 Å². The molecule has 0 saturated heterocycles. The van der Waals surface area contributed by atoms with Crippen LogP contribution in [0.2, 0.25) is 0 Å². The van der Waals surface area contributed by atoms with Gasteiger partial charge in [0.25, 0.3) is 0 Å². The van der Waals surface area contributed by atoms with Gasteiger partial charge < -0.3 is 18.4 Å². The third-order valence-electron chi connectivity index (χ3n) is 2.94. The van der Waals surface area contributed by atoms with Gasteiger partial charge in [-0.05, 0) is 59.5 Å². The minimum atomic E-state index is 0.